The Bertz CT molecular complexity index is 619. The molecule has 1 aromatic carbocycles. The van der Waals surface area contributed by atoms with E-state index in [1.54, 1.807) is 7.11 Å². The minimum atomic E-state index is -0.924. The average molecular weight is 277 g/mol. The van der Waals surface area contributed by atoms with Gasteiger partial charge in [0, 0.05) is 0 Å². The molecular formula is C14H15NO3S. The van der Waals surface area contributed by atoms with Gasteiger partial charge in [-0.25, -0.2) is 9.78 Å². The SMILES string of the molecule is CCc1nc(-c2ccc(C)cc2OC)sc1C(=O)O. The zero-order valence-corrected chi connectivity index (χ0v) is 11.9. The first-order valence-corrected chi connectivity index (χ1v) is 6.76. The van der Waals surface area contributed by atoms with Crippen LogP contribution in [-0.2, 0) is 6.42 Å². The number of benzene rings is 1. The summed E-state index contributed by atoms with van der Waals surface area (Å²) < 4.78 is 5.34. The Labute approximate surface area is 115 Å². The van der Waals surface area contributed by atoms with Crippen molar-refractivity contribution in [1.82, 2.24) is 4.98 Å². The normalized spacial score (nSPS) is 10.5. The molecule has 0 spiro atoms. The van der Waals surface area contributed by atoms with Crippen LogP contribution in [0.2, 0.25) is 0 Å². The van der Waals surface area contributed by atoms with Gasteiger partial charge >= 0.3 is 5.97 Å². The molecule has 1 N–H and O–H groups in total. The van der Waals surface area contributed by atoms with Gasteiger partial charge in [0.15, 0.2) is 0 Å². The van der Waals surface area contributed by atoms with E-state index in [4.69, 9.17) is 9.84 Å². The summed E-state index contributed by atoms with van der Waals surface area (Å²) in [6.07, 6.45) is 0.603. The number of aromatic carboxylic acids is 1. The molecule has 0 fully saturated rings. The van der Waals surface area contributed by atoms with Gasteiger partial charge in [-0.1, -0.05) is 13.0 Å². The van der Waals surface area contributed by atoms with Crippen LogP contribution in [0.1, 0.15) is 27.9 Å². The summed E-state index contributed by atoms with van der Waals surface area (Å²) >= 11 is 1.19. The number of ether oxygens (including phenoxy) is 1. The predicted molar refractivity (Wildman–Crippen MR) is 75.2 cm³/mol. The van der Waals surface area contributed by atoms with Crippen LogP contribution in [0.3, 0.4) is 0 Å². The summed E-state index contributed by atoms with van der Waals surface area (Å²) in [7, 11) is 1.60. The van der Waals surface area contributed by atoms with Gasteiger partial charge in [0.2, 0.25) is 0 Å². The Morgan fingerprint density at radius 1 is 1.47 bits per heavy atom. The van der Waals surface area contributed by atoms with Crippen LogP contribution in [-0.4, -0.2) is 23.2 Å². The third kappa shape index (κ3) is 2.61. The van der Waals surface area contributed by atoms with Crippen molar-refractivity contribution in [2.24, 2.45) is 0 Å². The van der Waals surface area contributed by atoms with Crippen LogP contribution in [0.25, 0.3) is 10.6 Å². The van der Waals surface area contributed by atoms with E-state index in [0.717, 1.165) is 11.1 Å². The maximum atomic E-state index is 11.2. The molecule has 4 nitrogen and oxygen atoms in total. The highest BCUT2D eigenvalue weighted by atomic mass is 32.1. The lowest BCUT2D eigenvalue weighted by Crippen LogP contribution is -1.97. The monoisotopic (exact) mass is 277 g/mol. The van der Waals surface area contributed by atoms with Gasteiger partial charge in [0.05, 0.1) is 18.4 Å². The summed E-state index contributed by atoms with van der Waals surface area (Å²) in [6.45, 7) is 3.88. The van der Waals surface area contributed by atoms with E-state index in [-0.39, 0.29) is 0 Å². The number of nitrogens with zero attached hydrogens (tertiary/aromatic N) is 1. The van der Waals surface area contributed by atoms with Crippen molar-refractivity contribution in [3.63, 3.8) is 0 Å². The molecule has 0 aliphatic carbocycles. The zero-order chi connectivity index (χ0) is 14.0. The molecule has 1 heterocycles. The minimum Gasteiger partial charge on any atom is -0.496 e. The molecule has 0 bridgehead atoms. The van der Waals surface area contributed by atoms with Crippen LogP contribution >= 0.6 is 11.3 Å². The number of carboxylic acid groups (broad SMARTS) is 1. The van der Waals surface area contributed by atoms with Crippen molar-refractivity contribution in [3.05, 3.63) is 34.3 Å². The number of aromatic nitrogens is 1. The first-order chi connectivity index (χ1) is 9.06. The number of aryl methyl sites for hydroxylation is 2. The van der Waals surface area contributed by atoms with Gasteiger partial charge in [-0.3, -0.25) is 0 Å². The maximum Gasteiger partial charge on any atom is 0.347 e. The fourth-order valence-electron chi connectivity index (χ4n) is 1.85. The number of thiazole rings is 1. The summed E-state index contributed by atoms with van der Waals surface area (Å²) in [5.41, 5.74) is 2.54. The van der Waals surface area contributed by atoms with Crippen molar-refractivity contribution in [3.8, 4) is 16.3 Å². The van der Waals surface area contributed by atoms with E-state index in [1.807, 2.05) is 32.0 Å². The van der Waals surface area contributed by atoms with Crippen molar-refractivity contribution in [2.45, 2.75) is 20.3 Å². The fraction of sp³-hybridized carbons (Fsp3) is 0.286. The molecule has 1 aromatic heterocycles. The van der Waals surface area contributed by atoms with Gasteiger partial charge in [0.1, 0.15) is 15.6 Å². The molecule has 19 heavy (non-hydrogen) atoms. The molecule has 2 rings (SSSR count). The van der Waals surface area contributed by atoms with Crippen molar-refractivity contribution in [2.75, 3.05) is 7.11 Å². The van der Waals surface area contributed by atoms with E-state index in [2.05, 4.69) is 4.98 Å². The van der Waals surface area contributed by atoms with Crippen LogP contribution in [0, 0.1) is 6.92 Å². The second-order valence-electron chi connectivity index (χ2n) is 4.16. The number of methoxy groups -OCH3 is 1. The Kier molecular flexibility index (Phi) is 3.85. The second-order valence-corrected chi connectivity index (χ2v) is 5.16. The lowest BCUT2D eigenvalue weighted by atomic mass is 10.1. The standard InChI is InChI=1S/C14H15NO3S/c1-4-10-12(14(16)17)19-13(15-10)9-6-5-8(2)7-11(9)18-3/h5-7H,4H2,1-3H3,(H,16,17). The third-order valence-electron chi connectivity index (χ3n) is 2.81. The Balaban J connectivity index is 2.56. The molecule has 0 unspecified atom stereocenters. The number of carboxylic acids is 1. The fourth-order valence-corrected chi connectivity index (χ4v) is 2.87. The number of hydrogen-bond donors (Lipinski definition) is 1. The van der Waals surface area contributed by atoms with Crippen LogP contribution in [0.5, 0.6) is 5.75 Å². The first kappa shape index (κ1) is 13.5. The number of hydrogen-bond acceptors (Lipinski definition) is 4. The van der Waals surface area contributed by atoms with Gasteiger partial charge in [-0.05, 0) is 31.0 Å². The van der Waals surface area contributed by atoms with E-state index in [0.29, 0.717) is 27.7 Å². The Morgan fingerprint density at radius 2 is 2.21 bits per heavy atom. The van der Waals surface area contributed by atoms with Crippen LogP contribution in [0.15, 0.2) is 18.2 Å². The molecule has 0 aliphatic heterocycles. The highest BCUT2D eigenvalue weighted by Crippen LogP contribution is 2.35. The highest BCUT2D eigenvalue weighted by molar-refractivity contribution is 7.17. The summed E-state index contributed by atoms with van der Waals surface area (Å²) in [6, 6.07) is 5.80. The molecule has 0 radical (unpaired) electrons. The molecule has 0 aliphatic rings. The zero-order valence-electron chi connectivity index (χ0n) is 11.1. The van der Waals surface area contributed by atoms with E-state index in [1.165, 1.54) is 11.3 Å². The third-order valence-corrected chi connectivity index (χ3v) is 3.93. The number of rotatable bonds is 4. The molecule has 0 saturated heterocycles. The second kappa shape index (κ2) is 5.40. The predicted octanol–water partition coefficient (Wildman–Crippen LogP) is 3.39. The van der Waals surface area contributed by atoms with E-state index in [9.17, 15) is 4.79 Å². The number of carbonyl (C=O) groups is 1. The van der Waals surface area contributed by atoms with Gasteiger partial charge in [-0.15, -0.1) is 11.3 Å². The maximum absolute atomic E-state index is 11.2. The van der Waals surface area contributed by atoms with Gasteiger partial charge in [0.25, 0.3) is 0 Å². The van der Waals surface area contributed by atoms with Crippen molar-refractivity contribution < 1.29 is 14.6 Å². The summed E-state index contributed by atoms with van der Waals surface area (Å²) in [5, 5.41) is 9.85. The molecule has 0 amide bonds. The largest absolute Gasteiger partial charge is 0.496 e. The van der Waals surface area contributed by atoms with E-state index < -0.39 is 5.97 Å². The summed E-state index contributed by atoms with van der Waals surface area (Å²) in [5.74, 6) is -0.208. The lowest BCUT2D eigenvalue weighted by Gasteiger charge is -2.06. The minimum absolute atomic E-state index is 0.306. The summed E-state index contributed by atoms with van der Waals surface area (Å²) in [4.78, 5) is 15.9. The molecule has 0 saturated carbocycles. The first-order valence-electron chi connectivity index (χ1n) is 5.94. The van der Waals surface area contributed by atoms with Crippen LogP contribution in [0.4, 0.5) is 0 Å². The van der Waals surface area contributed by atoms with Gasteiger partial charge in [-0.2, -0.15) is 0 Å². The molecule has 100 valence electrons. The van der Waals surface area contributed by atoms with Crippen LogP contribution < -0.4 is 4.74 Å². The lowest BCUT2D eigenvalue weighted by molar-refractivity contribution is 0.0701. The Morgan fingerprint density at radius 3 is 2.74 bits per heavy atom. The van der Waals surface area contributed by atoms with Crippen molar-refractivity contribution >= 4 is 17.3 Å². The van der Waals surface area contributed by atoms with Crippen molar-refractivity contribution in [1.29, 1.82) is 0 Å². The van der Waals surface area contributed by atoms with E-state index >= 15 is 0 Å². The van der Waals surface area contributed by atoms with Gasteiger partial charge < -0.3 is 9.84 Å². The molecular weight excluding hydrogens is 262 g/mol. The smallest absolute Gasteiger partial charge is 0.347 e. The Hall–Kier alpha value is -1.88. The molecule has 0 atom stereocenters. The molecule has 5 heteroatoms. The quantitative estimate of drug-likeness (QED) is 0.930. The molecule has 2 aromatic rings. The average Bonchev–Trinajstić information content (AvgIpc) is 2.82. The highest BCUT2D eigenvalue weighted by Gasteiger charge is 2.18. The topological polar surface area (TPSA) is 59.4 Å².